The molecule has 29 heavy (non-hydrogen) atoms. The van der Waals surface area contributed by atoms with Crippen LogP contribution in [0.4, 0.5) is 11.5 Å². The van der Waals surface area contributed by atoms with Crippen LogP contribution in [-0.4, -0.2) is 42.6 Å². The first-order chi connectivity index (χ1) is 13.9. The predicted molar refractivity (Wildman–Crippen MR) is 101 cm³/mol. The van der Waals surface area contributed by atoms with E-state index in [0.717, 1.165) is 0 Å². The molecule has 0 spiro atoms. The van der Waals surface area contributed by atoms with Crippen LogP contribution < -0.4 is 10.6 Å². The molecule has 11 nitrogen and oxygen atoms in total. The van der Waals surface area contributed by atoms with E-state index in [-0.39, 0.29) is 34.2 Å². The third-order valence-electron chi connectivity index (χ3n) is 4.12. The average molecular weight is 394 g/mol. The molecule has 0 atom stereocenters. The second-order valence-corrected chi connectivity index (χ2v) is 6.05. The molecular formula is C18H14N6O5. The van der Waals surface area contributed by atoms with Crippen LogP contribution in [0.5, 0.6) is 0 Å². The number of hydrogen-bond acceptors (Lipinski definition) is 6. The molecule has 0 saturated carbocycles. The summed E-state index contributed by atoms with van der Waals surface area (Å²) in [6.45, 7) is 0. The van der Waals surface area contributed by atoms with Gasteiger partial charge in [0.2, 0.25) is 5.76 Å². The zero-order valence-corrected chi connectivity index (χ0v) is 15.0. The van der Waals surface area contributed by atoms with Gasteiger partial charge in [-0.25, -0.2) is 9.78 Å². The topological polar surface area (TPSA) is 155 Å². The van der Waals surface area contributed by atoms with Crippen LogP contribution in [0.1, 0.15) is 31.5 Å². The SMILES string of the molecule is Cn1ccnc1C(=O)Nc1ccccc1C(=O)Nc1n[nH]c2cc(C(=O)O)oc12. The van der Waals surface area contributed by atoms with E-state index in [9.17, 15) is 14.4 Å². The Labute approximate surface area is 162 Å². The average Bonchev–Trinajstić information content (AvgIpc) is 3.39. The molecule has 2 amide bonds. The van der Waals surface area contributed by atoms with Crippen molar-refractivity contribution < 1.29 is 23.9 Å². The first-order valence-corrected chi connectivity index (χ1v) is 8.34. The number of aryl methyl sites for hydroxylation is 1. The summed E-state index contributed by atoms with van der Waals surface area (Å²) in [5, 5.41) is 20.7. The van der Waals surface area contributed by atoms with Crippen LogP contribution in [-0.2, 0) is 7.05 Å². The van der Waals surface area contributed by atoms with Gasteiger partial charge in [-0.3, -0.25) is 14.7 Å². The van der Waals surface area contributed by atoms with E-state index in [4.69, 9.17) is 9.52 Å². The summed E-state index contributed by atoms with van der Waals surface area (Å²) < 4.78 is 6.76. The second-order valence-electron chi connectivity index (χ2n) is 6.05. The number of amides is 2. The molecule has 3 heterocycles. The van der Waals surface area contributed by atoms with Gasteiger partial charge in [0.25, 0.3) is 11.8 Å². The highest BCUT2D eigenvalue weighted by atomic mass is 16.4. The monoisotopic (exact) mass is 394 g/mol. The molecule has 0 saturated heterocycles. The number of imidazole rings is 1. The fourth-order valence-corrected chi connectivity index (χ4v) is 2.73. The minimum absolute atomic E-state index is 0.0303. The van der Waals surface area contributed by atoms with Gasteiger partial charge in [-0.15, -0.1) is 0 Å². The van der Waals surface area contributed by atoms with Gasteiger partial charge < -0.3 is 24.7 Å². The number of carbonyl (C=O) groups is 3. The zero-order chi connectivity index (χ0) is 20.5. The number of hydrogen-bond donors (Lipinski definition) is 4. The number of nitrogens with one attached hydrogen (secondary N) is 3. The number of H-pyrrole nitrogens is 1. The quantitative estimate of drug-likeness (QED) is 0.404. The maximum atomic E-state index is 12.8. The fourth-order valence-electron chi connectivity index (χ4n) is 2.73. The van der Waals surface area contributed by atoms with Crippen molar-refractivity contribution in [3.8, 4) is 0 Å². The van der Waals surface area contributed by atoms with E-state index < -0.39 is 17.8 Å². The van der Waals surface area contributed by atoms with E-state index >= 15 is 0 Å². The molecule has 146 valence electrons. The predicted octanol–water partition coefficient (Wildman–Crippen LogP) is 2.09. The van der Waals surface area contributed by atoms with Crippen LogP contribution >= 0.6 is 0 Å². The normalized spacial score (nSPS) is 10.8. The molecule has 4 aromatic rings. The van der Waals surface area contributed by atoms with Gasteiger partial charge >= 0.3 is 5.97 Å². The van der Waals surface area contributed by atoms with E-state index in [2.05, 4.69) is 25.8 Å². The Hall–Kier alpha value is -4.41. The third-order valence-corrected chi connectivity index (χ3v) is 4.12. The minimum Gasteiger partial charge on any atom is -0.475 e. The summed E-state index contributed by atoms with van der Waals surface area (Å²) in [5.74, 6) is -2.35. The zero-order valence-electron chi connectivity index (χ0n) is 15.0. The number of aromatic nitrogens is 4. The molecule has 0 aliphatic rings. The molecule has 0 fully saturated rings. The van der Waals surface area contributed by atoms with Crippen molar-refractivity contribution in [2.75, 3.05) is 10.6 Å². The fraction of sp³-hybridized carbons (Fsp3) is 0.0556. The third kappa shape index (κ3) is 3.32. The van der Waals surface area contributed by atoms with Gasteiger partial charge in [0, 0.05) is 25.5 Å². The van der Waals surface area contributed by atoms with Crippen molar-refractivity contribution in [1.82, 2.24) is 19.7 Å². The van der Waals surface area contributed by atoms with E-state index in [1.54, 1.807) is 36.0 Å². The molecule has 3 aromatic heterocycles. The Kier molecular flexibility index (Phi) is 4.31. The number of aromatic carboxylic acids is 1. The van der Waals surface area contributed by atoms with Crippen LogP contribution in [0, 0.1) is 0 Å². The highest BCUT2D eigenvalue weighted by Gasteiger charge is 2.20. The molecule has 0 aliphatic carbocycles. The van der Waals surface area contributed by atoms with Crippen molar-refractivity contribution in [2.45, 2.75) is 0 Å². The number of carbonyl (C=O) groups excluding carboxylic acids is 2. The number of furan rings is 1. The van der Waals surface area contributed by atoms with Crippen molar-refractivity contribution in [2.24, 2.45) is 7.05 Å². The lowest BCUT2D eigenvalue weighted by molar-refractivity contribution is 0.0664. The Morgan fingerprint density at radius 1 is 1.17 bits per heavy atom. The lowest BCUT2D eigenvalue weighted by atomic mass is 10.1. The lowest BCUT2D eigenvalue weighted by Crippen LogP contribution is -2.20. The maximum absolute atomic E-state index is 12.8. The summed E-state index contributed by atoms with van der Waals surface area (Å²) >= 11 is 0. The number of nitrogens with zero attached hydrogens (tertiary/aromatic N) is 3. The summed E-state index contributed by atoms with van der Waals surface area (Å²) in [7, 11) is 1.68. The van der Waals surface area contributed by atoms with Crippen LogP contribution in [0.25, 0.3) is 11.1 Å². The highest BCUT2D eigenvalue weighted by molar-refractivity contribution is 6.13. The molecule has 0 bridgehead atoms. The number of para-hydroxylation sites is 1. The number of rotatable bonds is 5. The van der Waals surface area contributed by atoms with Crippen molar-refractivity contribution in [1.29, 1.82) is 0 Å². The molecule has 0 aliphatic heterocycles. The molecular weight excluding hydrogens is 380 g/mol. The number of fused-ring (bicyclic) bond motifs is 1. The Bertz CT molecular complexity index is 1250. The highest BCUT2D eigenvalue weighted by Crippen LogP contribution is 2.25. The Balaban J connectivity index is 1.59. The molecule has 11 heteroatoms. The smallest absolute Gasteiger partial charge is 0.371 e. The van der Waals surface area contributed by atoms with Gasteiger partial charge in [-0.1, -0.05) is 12.1 Å². The standard InChI is InChI=1S/C18H14N6O5/c1-24-7-6-19-15(24)17(26)20-10-5-3-2-4-9(10)16(25)21-14-13-11(22-23-14)8-12(29-13)18(27)28/h2-8H,1H3,(H,20,26)(H,27,28)(H2,21,22,23,25). The van der Waals surface area contributed by atoms with Crippen molar-refractivity contribution in [3.63, 3.8) is 0 Å². The molecule has 4 N–H and O–H groups in total. The molecule has 0 radical (unpaired) electrons. The van der Waals surface area contributed by atoms with Gasteiger partial charge in [0.15, 0.2) is 17.2 Å². The van der Waals surface area contributed by atoms with E-state index in [0.29, 0.717) is 5.52 Å². The van der Waals surface area contributed by atoms with Crippen molar-refractivity contribution >= 4 is 40.4 Å². The van der Waals surface area contributed by atoms with E-state index in [1.807, 2.05) is 0 Å². The first kappa shape index (κ1) is 18.0. The summed E-state index contributed by atoms with van der Waals surface area (Å²) in [6.07, 6.45) is 3.12. The molecule has 4 rings (SSSR count). The van der Waals surface area contributed by atoms with E-state index in [1.165, 1.54) is 18.3 Å². The van der Waals surface area contributed by atoms with Gasteiger partial charge in [0.05, 0.1) is 11.3 Å². The van der Waals surface area contributed by atoms with Gasteiger partial charge in [-0.05, 0) is 12.1 Å². The largest absolute Gasteiger partial charge is 0.475 e. The van der Waals surface area contributed by atoms with Crippen LogP contribution in [0.3, 0.4) is 0 Å². The summed E-state index contributed by atoms with van der Waals surface area (Å²) in [6, 6.07) is 7.68. The Morgan fingerprint density at radius 3 is 2.69 bits per heavy atom. The van der Waals surface area contributed by atoms with Crippen molar-refractivity contribution in [3.05, 3.63) is 59.9 Å². The van der Waals surface area contributed by atoms with Gasteiger partial charge in [-0.2, -0.15) is 5.10 Å². The number of carboxylic acids is 1. The molecule has 1 aromatic carbocycles. The summed E-state index contributed by atoms with van der Waals surface area (Å²) in [5.41, 5.74) is 0.881. The van der Waals surface area contributed by atoms with Gasteiger partial charge in [0.1, 0.15) is 5.52 Å². The lowest BCUT2D eigenvalue weighted by Gasteiger charge is -2.10. The summed E-state index contributed by atoms with van der Waals surface area (Å²) in [4.78, 5) is 40.2. The maximum Gasteiger partial charge on any atom is 0.371 e. The second kappa shape index (κ2) is 6.96. The number of benzene rings is 1. The number of anilines is 2. The van der Waals surface area contributed by atoms with Crippen LogP contribution in [0.15, 0.2) is 47.1 Å². The number of carboxylic acid groups (broad SMARTS) is 1. The molecule has 0 unspecified atom stereocenters. The minimum atomic E-state index is -1.24. The number of aromatic amines is 1. The first-order valence-electron chi connectivity index (χ1n) is 8.34. The van der Waals surface area contributed by atoms with Crippen LogP contribution in [0.2, 0.25) is 0 Å². The Morgan fingerprint density at radius 2 is 1.97 bits per heavy atom.